The highest BCUT2D eigenvalue weighted by Gasteiger charge is 2.13. The number of benzene rings is 2. The Morgan fingerprint density at radius 1 is 0.935 bits per heavy atom. The normalized spacial score (nSPS) is 10.6. The zero-order valence-electron chi connectivity index (χ0n) is 18.6. The molecule has 0 aliphatic rings. The molecule has 2 aromatic carbocycles. The van der Waals surface area contributed by atoms with E-state index in [2.05, 4.69) is 5.32 Å². The average molecular weight is 427 g/mol. The van der Waals surface area contributed by atoms with Crippen LogP contribution in [0, 0.1) is 0 Å². The van der Waals surface area contributed by atoms with E-state index in [1.807, 2.05) is 32.0 Å². The van der Waals surface area contributed by atoms with Crippen molar-refractivity contribution in [1.29, 1.82) is 0 Å². The third-order valence-corrected chi connectivity index (χ3v) is 4.71. The average Bonchev–Trinajstić information content (AvgIpc) is 2.80. The summed E-state index contributed by atoms with van der Waals surface area (Å²) in [5.74, 6) is 0.375. The summed E-state index contributed by atoms with van der Waals surface area (Å²) < 4.78 is 20.9. The predicted molar refractivity (Wildman–Crippen MR) is 120 cm³/mol. The van der Waals surface area contributed by atoms with Gasteiger partial charge in [-0.25, -0.2) is 4.79 Å². The van der Waals surface area contributed by atoms with E-state index in [1.165, 1.54) is 27.4 Å². The number of carbonyl (C=O) groups is 2. The molecule has 0 fully saturated rings. The van der Waals surface area contributed by atoms with Gasteiger partial charge in [0.25, 0.3) is 5.91 Å². The summed E-state index contributed by atoms with van der Waals surface area (Å²) in [6, 6.07) is 9.32. The van der Waals surface area contributed by atoms with Crippen molar-refractivity contribution in [2.24, 2.45) is 0 Å². The maximum absolute atomic E-state index is 12.3. The summed E-state index contributed by atoms with van der Waals surface area (Å²) in [7, 11) is 4.54. The first kappa shape index (κ1) is 23.8. The molecule has 166 valence electrons. The topological polar surface area (TPSA) is 83.1 Å². The van der Waals surface area contributed by atoms with Crippen molar-refractivity contribution >= 4 is 23.6 Å². The Morgan fingerprint density at radius 2 is 1.52 bits per heavy atom. The molecule has 1 N–H and O–H groups in total. The molecule has 31 heavy (non-hydrogen) atoms. The highest BCUT2D eigenvalue weighted by Crippen LogP contribution is 2.38. The maximum Gasteiger partial charge on any atom is 0.331 e. The molecule has 0 saturated heterocycles. The number of rotatable bonds is 10. The van der Waals surface area contributed by atoms with E-state index in [9.17, 15) is 9.59 Å². The maximum atomic E-state index is 12.3. The third kappa shape index (κ3) is 6.25. The van der Waals surface area contributed by atoms with Crippen molar-refractivity contribution in [2.45, 2.75) is 26.7 Å². The van der Waals surface area contributed by atoms with E-state index in [-0.39, 0.29) is 12.5 Å². The van der Waals surface area contributed by atoms with Gasteiger partial charge in [-0.3, -0.25) is 4.79 Å². The minimum atomic E-state index is -0.636. The van der Waals surface area contributed by atoms with Crippen LogP contribution in [0.5, 0.6) is 17.2 Å². The van der Waals surface area contributed by atoms with Crippen molar-refractivity contribution < 1.29 is 28.5 Å². The number of esters is 1. The lowest BCUT2D eigenvalue weighted by atomic mass is 10.0. The molecule has 0 atom stereocenters. The molecule has 0 radical (unpaired) electrons. The largest absolute Gasteiger partial charge is 0.493 e. The quantitative estimate of drug-likeness (QED) is 0.455. The second-order valence-corrected chi connectivity index (χ2v) is 6.61. The Morgan fingerprint density at radius 3 is 2.00 bits per heavy atom. The Bertz CT molecular complexity index is 904. The van der Waals surface area contributed by atoms with Crippen molar-refractivity contribution in [1.82, 2.24) is 0 Å². The predicted octanol–water partition coefficient (Wildman–Crippen LogP) is 4.03. The number of nitrogens with one attached hydrogen (secondary N) is 1. The number of amides is 1. The third-order valence-electron chi connectivity index (χ3n) is 4.71. The first-order valence-corrected chi connectivity index (χ1v) is 10.0. The molecule has 0 saturated carbocycles. The fraction of sp³-hybridized carbons (Fsp3) is 0.333. The van der Waals surface area contributed by atoms with Crippen molar-refractivity contribution in [3.8, 4) is 17.2 Å². The molecule has 2 aromatic rings. The van der Waals surface area contributed by atoms with E-state index in [0.29, 0.717) is 22.8 Å². The number of aryl methyl sites for hydroxylation is 2. The summed E-state index contributed by atoms with van der Waals surface area (Å²) in [6.45, 7) is 3.68. The number of anilines is 1. The zero-order chi connectivity index (χ0) is 22.8. The van der Waals surface area contributed by atoms with Gasteiger partial charge >= 0.3 is 5.97 Å². The first-order chi connectivity index (χ1) is 15.0. The molecule has 0 aliphatic carbocycles. The van der Waals surface area contributed by atoms with Crippen LogP contribution in [-0.4, -0.2) is 39.8 Å². The van der Waals surface area contributed by atoms with Crippen LogP contribution in [0.4, 0.5) is 5.69 Å². The molecular formula is C24H29NO6. The molecule has 0 aromatic heterocycles. The number of hydrogen-bond acceptors (Lipinski definition) is 6. The van der Waals surface area contributed by atoms with Gasteiger partial charge in [-0.1, -0.05) is 32.0 Å². The lowest BCUT2D eigenvalue weighted by Gasteiger charge is -2.14. The number of para-hydroxylation sites is 1. The second-order valence-electron chi connectivity index (χ2n) is 6.61. The Labute approximate surface area is 183 Å². The van der Waals surface area contributed by atoms with Gasteiger partial charge in [-0.05, 0) is 47.7 Å². The Hall–Kier alpha value is -3.48. The van der Waals surface area contributed by atoms with Crippen LogP contribution in [0.25, 0.3) is 6.08 Å². The monoisotopic (exact) mass is 427 g/mol. The zero-order valence-corrected chi connectivity index (χ0v) is 18.6. The van der Waals surface area contributed by atoms with Gasteiger partial charge in [-0.2, -0.15) is 0 Å². The molecule has 0 bridgehead atoms. The van der Waals surface area contributed by atoms with Gasteiger partial charge in [-0.15, -0.1) is 0 Å². The van der Waals surface area contributed by atoms with E-state index in [1.54, 1.807) is 18.2 Å². The minimum absolute atomic E-state index is 0.375. The first-order valence-electron chi connectivity index (χ1n) is 10.0. The van der Waals surface area contributed by atoms with Crippen LogP contribution in [0.15, 0.2) is 36.4 Å². The van der Waals surface area contributed by atoms with Gasteiger partial charge in [0.05, 0.1) is 21.3 Å². The molecular weight excluding hydrogens is 398 g/mol. The molecule has 2 rings (SSSR count). The van der Waals surface area contributed by atoms with Gasteiger partial charge in [0.2, 0.25) is 5.75 Å². The molecule has 7 nitrogen and oxygen atoms in total. The van der Waals surface area contributed by atoms with Crippen molar-refractivity contribution in [3.63, 3.8) is 0 Å². The van der Waals surface area contributed by atoms with Crippen LogP contribution in [0.2, 0.25) is 0 Å². The lowest BCUT2D eigenvalue weighted by molar-refractivity contribution is -0.142. The summed E-state index contributed by atoms with van der Waals surface area (Å²) in [5, 5.41) is 2.87. The highest BCUT2D eigenvalue weighted by molar-refractivity contribution is 5.95. The van der Waals surface area contributed by atoms with Gasteiger partial charge < -0.3 is 24.3 Å². The molecule has 0 heterocycles. The van der Waals surface area contributed by atoms with Crippen LogP contribution >= 0.6 is 0 Å². The van der Waals surface area contributed by atoms with Crippen molar-refractivity contribution in [2.75, 3.05) is 33.3 Å². The summed E-state index contributed by atoms with van der Waals surface area (Å²) in [6.07, 6.45) is 4.37. The van der Waals surface area contributed by atoms with E-state index >= 15 is 0 Å². The van der Waals surface area contributed by atoms with Gasteiger partial charge in [0.1, 0.15) is 0 Å². The highest BCUT2D eigenvalue weighted by atomic mass is 16.5. The van der Waals surface area contributed by atoms with Crippen molar-refractivity contribution in [3.05, 3.63) is 53.1 Å². The van der Waals surface area contributed by atoms with E-state index < -0.39 is 5.97 Å². The van der Waals surface area contributed by atoms with E-state index in [0.717, 1.165) is 29.7 Å². The molecule has 1 amide bonds. The molecule has 0 aliphatic heterocycles. The summed E-state index contributed by atoms with van der Waals surface area (Å²) >= 11 is 0. The number of carbonyl (C=O) groups excluding carboxylic acids is 2. The standard InChI is InChI=1S/C24H29NO6/c1-6-17-9-8-10-18(7-2)23(17)25-21(26)15-31-22(27)12-11-16-13-19(28-3)24(30-5)20(14-16)29-4/h8-14H,6-7,15H2,1-5H3,(H,25,26)/b12-11+. The molecule has 0 unspecified atom stereocenters. The minimum Gasteiger partial charge on any atom is -0.493 e. The smallest absolute Gasteiger partial charge is 0.331 e. The summed E-state index contributed by atoms with van der Waals surface area (Å²) in [5.41, 5.74) is 3.53. The molecule has 7 heteroatoms. The van der Waals surface area contributed by atoms with Crippen LogP contribution in [0.3, 0.4) is 0 Å². The number of ether oxygens (including phenoxy) is 4. The Kier molecular flexibility index (Phi) is 8.94. The lowest BCUT2D eigenvalue weighted by Crippen LogP contribution is -2.21. The molecule has 0 spiro atoms. The van der Waals surface area contributed by atoms with Gasteiger partial charge in [0, 0.05) is 11.8 Å². The van der Waals surface area contributed by atoms with Crippen LogP contribution in [-0.2, 0) is 27.2 Å². The second kappa shape index (κ2) is 11.6. The Balaban J connectivity index is 2.01. The van der Waals surface area contributed by atoms with Gasteiger partial charge in [0.15, 0.2) is 18.1 Å². The number of methoxy groups -OCH3 is 3. The summed E-state index contributed by atoms with van der Waals surface area (Å²) in [4.78, 5) is 24.4. The fourth-order valence-electron chi connectivity index (χ4n) is 3.13. The van der Waals surface area contributed by atoms with Crippen LogP contribution < -0.4 is 19.5 Å². The van der Waals surface area contributed by atoms with E-state index in [4.69, 9.17) is 18.9 Å². The number of hydrogen-bond donors (Lipinski definition) is 1. The van der Waals surface area contributed by atoms with Crippen LogP contribution in [0.1, 0.15) is 30.5 Å². The fourth-order valence-corrected chi connectivity index (χ4v) is 3.13. The SMILES string of the molecule is CCc1cccc(CC)c1NC(=O)COC(=O)/C=C/c1cc(OC)c(OC)c(OC)c1.